The number of para-hydroxylation sites is 1. The van der Waals surface area contributed by atoms with Crippen molar-refractivity contribution in [2.45, 2.75) is 0 Å². The SMILES string of the molecule is O=C(O)c1cc(O)c2cccc([AsH2])c2n1. The van der Waals surface area contributed by atoms with Crippen molar-refractivity contribution >= 4 is 38.1 Å². The molecule has 5 heteroatoms. The zero-order chi connectivity index (χ0) is 11.0. The number of hydrogen-bond donors (Lipinski definition) is 2. The van der Waals surface area contributed by atoms with Crippen LogP contribution in [0.2, 0.25) is 0 Å². The Labute approximate surface area is 94.1 Å². The van der Waals surface area contributed by atoms with Gasteiger partial charge in [-0.25, -0.2) is 0 Å². The van der Waals surface area contributed by atoms with Crippen LogP contribution >= 0.6 is 0 Å². The molecular weight excluding hydrogens is 257 g/mol. The van der Waals surface area contributed by atoms with Crippen LogP contribution in [0.5, 0.6) is 5.75 Å². The molecule has 0 bridgehead atoms. The fourth-order valence-corrected chi connectivity index (χ4v) is 2.06. The summed E-state index contributed by atoms with van der Waals surface area (Å²) in [6, 6.07) is 6.53. The number of pyridine rings is 1. The molecule has 0 aliphatic heterocycles. The van der Waals surface area contributed by atoms with Crippen molar-refractivity contribution in [3.63, 3.8) is 0 Å². The summed E-state index contributed by atoms with van der Waals surface area (Å²) < 4.78 is 0.901. The van der Waals surface area contributed by atoms with Crippen LogP contribution in [0, 0.1) is 0 Å². The summed E-state index contributed by atoms with van der Waals surface area (Å²) in [5.41, 5.74) is 0.417. The van der Waals surface area contributed by atoms with Crippen LogP contribution in [0.4, 0.5) is 0 Å². The van der Waals surface area contributed by atoms with Gasteiger partial charge in [0.2, 0.25) is 0 Å². The van der Waals surface area contributed by atoms with Crippen LogP contribution < -0.4 is 4.35 Å². The van der Waals surface area contributed by atoms with Crippen molar-refractivity contribution in [3.05, 3.63) is 30.0 Å². The minimum atomic E-state index is -1.14. The molecule has 0 amide bonds. The van der Waals surface area contributed by atoms with E-state index in [1.807, 2.05) is 6.07 Å². The fourth-order valence-electron chi connectivity index (χ4n) is 1.36. The molecule has 0 aliphatic rings. The van der Waals surface area contributed by atoms with E-state index in [1.54, 1.807) is 12.1 Å². The van der Waals surface area contributed by atoms with Gasteiger partial charge in [-0.1, -0.05) is 0 Å². The van der Waals surface area contributed by atoms with Crippen LogP contribution in [-0.2, 0) is 0 Å². The van der Waals surface area contributed by atoms with Gasteiger partial charge in [0.05, 0.1) is 0 Å². The van der Waals surface area contributed by atoms with E-state index < -0.39 is 5.97 Å². The first-order chi connectivity index (χ1) is 7.09. The molecule has 0 saturated heterocycles. The number of carboxylic acids is 1. The van der Waals surface area contributed by atoms with Crippen LogP contribution in [0.25, 0.3) is 10.9 Å². The zero-order valence-corrected chi connectivity index (χ0v) is 10.1. The Morgan fingerprint density at radius 3 is 2.80 bits per heavy atom. The van der Waals surface area contributed by atoms with Gasteiger partial charge < -0.3 is 0 Å². The molecule has 1 unspecified atom stereocenters. The van der Waals surface area contributed by atoms with E-state index in [0.29, 0.717) is 10.9 Å². The quantitative estimate of drug-likeness (QED) is 0.706. The van der Waals surface area contributed by atoms with Crippen molar-refractivity contribution in [2.75, 3.05) is 0 Å². The molecule has 0 fully saturated rings. The van der Waals surface area contributed by atoms with Crippen molar-refractivity contribution in [1.29, 1.82) is 0 Å². The summed E-state index contributed by atoms with van der Waals surface area (Å²) in [6.45, 7) is 0. The summed E-state index contributed by atoms with van der Waals surface area (Å²) >= 11 is 1.34. The van der Waals surface area contributed by atoms with Gasteiger partial charge in [-0.05, 0) is 0 Å². The average molecular weight is 265 g/mol. The number of benzene rings is 1. The van der Waals surface area contributed by atoms with Gasteiger partial charge in [-0.2, -0.15) is 0 Å². The maximum atomic E-state index is 10.7. The molecule has 0 aliphatic carbocycles. The van der Waals surface area contributed by atoms with E-state index in [9.17, 15) is 9.90 Å². The maximum absolute atomic E-state index is 10.7. The molecule has 1 atom stereocenters. The monoisotopic (exact) mass is 265 g/mol. The Kier molecular flexibility index (Phi) is 2.37. The van der Waals surface area contributed by atoms with Crippen molar-refractivity contribution in [3.8, 4) is 5.75 Å². The molecular formula is C10H8AsNO3. The first-order valence-electron chi connectivity index (χ1n) is 4.21. The topological polar surface area (TPSA) is 70.4 Å². The molecule has 1 heterocycles. The van der Waals surface area contributed by atoms with Crippen molar-refractivity contribution in [1.82, 2.24) is 4.98 Å². The molecule has 15 heavy (non-hydrogen) atoms. The summed E-state index contributed by atoms with van der Waals surface area (Å²) in [4.78, 5) is 14.7. The molecule has 76 valence electrons. The Morgan fingerprint density at radius 2 is 2.13 bits per heavy atom. The van der Waals surface area contributed by atoms with Crippen LogP contribution in [0.15, 0.2) is 24.3 Å². The van der Waals surface area contributed by atoms with Gasteiger partial charge in [0, 0.05) is 0 Å². The van der Waals surface area contributed by atoms with Gasteiger partial charge in [-0.15, -0.1) is 0 Å². The number of aromatic hydroxyl groups is 1. The fraction of sp³-hybridized carbons (Fsp3) is 0. The number of rotatable bonds is 1. The van der Waals surface area contributed by atoms with Gasteiger partial charge >= 0.3 is 93.8 Å². The number of nitrogens with zero attached hydrogens (tertiary/aromatic N) is 1. The summed E-state index contributed by atoms with van der Waals surface area (Å²) in [5.74, 6) is -1.18. The summed E-state index contributed by atoms with van der Waals surface area (Å²) in [5, 5.41) is 19.0. The molecule has 0 saturated carbocycles. The van der Waals surface area contributed by atoms with Crippen LogP contribution in [0.3, 0.4) is 0 Å². The third kappa shape index (κ3) is 1.68. The Hall–Kier alpha value is -1.54. The number of hydrogen-bond acceptors (Lipinski definition) is 3. The molecule has 2 rings (SSSR count). The zero-order valence-electron chi connectivity index (χ0n) is 7.64. The van der Waals surface area contributed by atoms with E-state index in [0.717, 1.165) is 10.4 Å². The molecule has 4 nitrogen and oxygen atoms in total. The first-order valence-corrected chi connectivity index (χ1v) is 5.42. The number of aromatic carboxylic acids is 1. The van der Waals surface area contributed by atoms with Gasteiger partial charge in [0.15, 0.2) is 0 Å². The van der Waals surface area contributed by atoms with Gasteiger partial charge in [-0.3, -0.25) is 0 Å². The van der Waals surface area contributed by atoms with E-state index in [1.165, 1.54) is 16.9 Å². The molecule has 2 N–H and O–H groups in total. The molecule has 0 radical (unpaired) electrons. The Bertz CT molecular complexity index is 554. The van der Waals surface area contributed by atoms with E-state index >= 15 is 0 Å². The average Bonchev–Trinajstić information content (AvgIpc) is 2.19. The Balaban J connectivity index is 2.85. The van der Waals surface area contributed by atoms with E-state index in [-0.39, 0.29) is 11.4 Å². The standard InChI is InChI=1S/C10H8AsNO3/c11-6-3-1-2-5-8(13)4-7(10(14)15)12-9(5)6/h1-4H,11H2,(H,12,13)(H,14,15). The van der Waals surface area contributed by atoms with Crippen molar-refractivity contribution < 1.29 is 15.0 Å². The molecule has 2 aromatic rings. The number of carboxylic acid groups (broad SMARTS) is 1. The van der Waals surface area contributed by atoms with E-state index in [4.69, 9.17) is 5.11 Å². The second kappa shape index (κ2) is 3.55. The van der Waals surface area contributed by atoms with Gasteiger partial charge in [0.1, 0.15) is 0 Å². The Morgan fingerprint density at radius 1 is 1.40 bits per heavy atom. The number of carbonyl (C=O) groups is 1. The van der Waals surface area contributed by atoms with Crippen LogP contribution in [0.1, 0.15) is 10.5 Å². The van der Waals surface area contributed by atoms with E-state index in [2.05, 4.69) is 4.98 Å². The van der Waals surface area contributed by atoms with Crippen LogP contribution in [-0.4, -0.2) is 38.0 Å². The normalized spacial score (nSPS) is 10.5. The third-order valence-electron chi connectivity index (χ3n) is 2.07. The van der Waals surface area contributed by atoms with Crippen molar-refractivity contribution in [2.24, 2.45) is 0 Å². The molecule has 0 spiro atoms. The summed E-state index contributed by atoms with van der Waals surface area (Å²) in [7, 11) is 0. The minimum absolute atomic E-state index is 0.0445. The molecule has 1 aromatic carbocycles. The van der Waals surface area contributed by atoms with Gasteiger partial charge in [0.25, 0.3) is 0 Å². The predicted molar refractivity (Wildman–Crippen MR) is 58.5 cm³/mol. The predicted octanol–water partition coefficient (Wildman–Crippen LogP) is -0.103. The second-order valence-electron chi connectivity index (χ2n) is 3.08. The third-order valence-corrected chi connectivity index (χ3v) is 3.05. The first kappa shape index (κ1) is 9.99. The number of aromatic nitrogens is 1. The summed E-state index contributed by atoms with van der Waals surface area (Å²) in [6.07, 6.45) is 0. The second-order valence-corrected chi connectivity index (χ2v) is 4.38. The number of fused-ring (bicyclic) bond motifs is 1. The molecule has 1 aromatic heterocycles.